The van der Waals surface area contributed by atoms with Gasteiger partial charge in [0, 0.05) is 24.9 Å². The van der Waals surface area contributed by atoms with Gasteiger partial charge in [-0.05, 0) is 5.92 Å². The first-order valence-corrected chi connectivity index (χ1v) is 5.88. The smallest absolute Gasteiger partial charge is 0.222 e. The number of carbonyl (C=O) groups is 1. The molecule has 0 unspecified atom stereocenters. The number of hydrogen-bond donors (Lipinski definition) is 2. The van der Waals surface area contributed by atoms with Crippen LogP contribution in [-0.4, -0.2) is 46.3 Å². The van der Waals surface area contributed by atoms with Crippen LogP contribution >= 0.6 is 0 Å². The van der Waals surface area contributed by atoms with E-state index in [0.29, 0.717) is 18.9 Å². The van der Waals surface area contributed by atoms with Crippen molar-refractivity contribution in [2.75, 3.05) is 13.1 Å². The average molecular weight is 229 g/mol. The third kappa shape index (κ3) is 2.95. The van der Waals surface area contributed by atoms with Crippen LogP contribution in [0.15, 0.2) is 0 Å². The standard InChI is InChI=1S/C12H23NO3/c1-8(2)5-10(15)13-6-9(14)11(16)12(3,4)7-13/h8-9,11,14,16H,5-7H2,1-4H3/t9-,11-/m0/s1. The fraction of sp³-hybridized carbons (Fsp3) is 0.917. The number of aliphatic hydroxyl groups excluding tert-OH is 2. The Bertz CT molecular complexity index is 263. The zero-order valence-electron chi connectivity index (χ0n) is 10.6. The van der Waals surface area contributed by atoms with E-state index in [0.717, 1.165) is 0 Å². The lowest BCUT2D eigenvalue weighted by atomic mass is 9.79. The summed E-state index contributed by atoms with van der Waals surface area (Å²) in [6, 6.07) is 0. The van der Waals surface area contributed by atoms with Crippen LogP contribution in [0.3, 0.4) is 0 Å². The number of hydrogen-bond acceptors (Lipinski definition) is 3. The molecule has 0 aromatic heterocycles. The largest absolute Gasteiger partial charge is 0.390 e. The van der Waals surface area contributed by atoms with Gasteiger partial charge in [0.2, 0.25) is 5.91 Å². The van der Waals surface area contributed by atoms with Gasteiger partial charge in [-0.25, -0.2) is 0 Å². The summed E-state index contributed by atoms with van der Waals surface area (Å²) in [5, 5.41) is 19.5. The molecule has 1 aliphatic rings. The number of rotatable bonds is 2. The molecule has 1 heterocycles. The number of carbonyl (C=O) groups excluding carboxylic acids is 1. The first-order valence-electron chi connectivity index (χ1n) is 5.88. The van der Waals surface area contributed by atoms with E-state index in [1.165, 1.54) is 0 Å². The van der Waals surface area contributed by atoms with Crippen LogP contribution < -0.4 is 0 Å². The number of likely N-dealkylation sites (tertiary alicyclic amines) is 1. The number of β-amino-alcohol motifs (C(OH)–C–C–N with tert-alkyl or cyclic N) is 1. The van der Waals surface area contributed by atoms with Crippen LogP contribution in [0, 0.1) is 11.3 Å². The SMILES string of the molecule is CC(C)CC(=O)N1C[C@H](O)[C@H](O)C(C)(C)C1. The van der Waals surface area contributed by atoms with Gasteiger partial charge in [0.05, 0.1) is 12.2 Å². The van der Waals surface area contributed by atoms with Crippen LogP contribution in [0.4, 0.5) is 0 Å². The molecule has 0 aliphatic carbocycles. The summed E-state index contributed by atoms with van der Waals surface area (Å²) < 4.78 is 0. The highest BCUT2D eigenvalue weighted by Crippen LogP contribution is 2.29. The van der Waals surface area contributed by atoms with Gasteiger partial charge in [0.25, 0.3) is 0 Å². The number of amides is 1. The Morgan fingerprint density at radius 1 is 1.44 bits per heavy atom. The van der Waals surface area contributed by atoms with E-state index in [4.69, 9.17) is 0 Å². The molecule has 1 fully saturated rings. The molecule has 4 heteroatoms. The van der Waals surface area contributed by atoms with Crippen LogP contribution in [-0.2, 0) is 4.79 Å². The fourth-order valence-corrected chi connectivity index (χ4v) is 2.16. The van der Waals surface area contributed by atoms with Gasteiger partial charge in [-0.2, -0.15) is 0 Å². The van der Waals surface area contributed by atoms with Gasteiger partial charge in [-0.3, -0.25) is 4.79 Å². The molecule has 94 valence electrons. The highest BCUT2D eigenvalue weighted by atomic mass is 16.3. The molecule has 2 N–H and O–H groups in total. The highest BCUT2D eigenvalue weighted by Gasteiger charge is 2.41. The molecule has 1 aliphatic heterocycles. The summed E-state index contributed by atoms with van der Waals surface area (Å²) in [7, 11) is 0. The molecule has 16 heavy (non-hydrogen) atoms. The summed E-state index contributed by atoms with van der Waals surface area (Å²) >= 11 is 0. The molecule has 0 saturated carbocycles. The number of aliphatic hydroxyl groups is 2. The second-order valence-electron chi connectivity index (χ2n) is 5.87. The quantitative estimate of drug-likeness (QED) is 0.730. The molecular weight excluding hydrogens is 206 g/mol. The van der Waals surface area contributed by atoms with E-state index < -0.39 is 17.6 Å². The molecule has 0 aromatic rings. The molecule has 0 bridgehead atoms. The van der Waals surface area contributed by atoms with Crippen molar-refractivity contribution in [2.24, 2.45) is 11.3 Å². The minimum absolute atomic E-state index is 0.0639. The first kappa shape index (κ1) is 13.5. The summed E-state index contributed by atoms with van der Waals surface area (Å²) in [5.41, 5.74) is -0.440. The third-order valence-electron chi connectivity index (χ3n) is 3.11. The van der Waals surface area contributed by atoms with Crippen LogP contribution in [0.1, 0.15) is 34.1 Å². The summed E-state index contributed by atoms with van der Waals surface area (Å²) in [6.07, 6.45) is -1.09. The van der Waals surface area contributed by atoms with E-state index >= 15 is 0 Å². The zero-order valence-corrected chi connectivity index (χ0v) is 10.6. The van der Waals surface area contributed by atoms with E-state index in [2.05, 4.69) is 0 Å². The van der Waals surface area contributed by atoms with E-state index in [1.807, 2.05) is 27.7 Å². The van der Waals surface area contributed by atoms with E-state index in [-0.39, 0.29) is 12.5 Å². The summed E-state index contributed by atoms with van der Waals surface area (Å²) in [4.78, 5) is 13.5. The van der Waals surface area contributed by atoms with Crippen molar-refractivity contribution in [2.45, 2.75) is 46.3 Å². The fourth-order valence-electron chi connectivity index (χ4n) is 2.16. The van der Waals surface area contributed by atoms with Crippen molar-refractivity contribution in [3.8, 4) is 0 Å². The maximum absolute atomic E-state index is 11.9. The van der Waals surface area contributed by atoms with Crippen LogP contribution in [0.2, 0.25) is 0 Å². The van der Waals surface area contributed by atoms with Crippen molar-refractivity contribution < 1.29 is 15.0 Å². The maximum atomic E-state index is 11.9. The minimum atomic E-state index is -0.833. The first-order chi connectivity index (χ1) is 7.24. The zero-order chi connectivity index (χ0) is 12.5. The lowest BCUT2D eigenvalue weighted by molar-refractivity contribution is -0.150. The molecule has 1 amide bonds. The molecule has 0 spiro atoms. The number of piperidine rings is 1. The monoisotopic (exact) mass is 229 g/mol. The Labute approximate surface area is 97.3 Å². The van der Waals surface area contributed by atoms with Gasteiger partial charge in [-0.1, -0.05) is 27.7 Å². The predicted octanol–water partition coefficient (Wildman–Crippen LogP) is 0.623. The van der Waals surface area contributed by atoms with Crippen molar-refractivity contribution >= 4 is 5.91 Å². The highest BCUT2D eigenvalue weighted by molar-refractivity contribution is 5.76. The van der Waals surface area contributed by atoms with Gasteiger partial charge in [-0.15, -0.1) is 0 Å². The van der Waals surface area contributed by atoms with Gasteiger partial charge in [0.1, 0.15) is 0 Å². The molecule has 1 saturated heterocycles. The molecule has 4 nitrogen and oxygen atoms in total. The second kappa shape index (κ2) is 4.72. The Kier molecular flexibility index (Phi) is 3.97. The van der Waals surface area contributed by atoms with Crippen molar-refractivity contribution in [3.05, 3.63) is 0 Å². The average Bonchev–Trinajstić information content (AvgIpc) is 2.12. The summed E-state index contributed by atoms with van der Waals surface area (Å²) in [6.45, 7) is 8.49. The van der Waals surface area contributed by atoms with Crippen molar-refractivity contribution in [3.63, 3.8) is 0 Å². The van der Waals surface area contributed by atoms with Crippen LogP contribution in [0.25, 0.3) is 0 Å². The second-order valence-corrected chi connectivity index (χ2v) is 5.87. The third-order valence-corrected chi connectivity index (χ3v) is 3.11. The van der Waals surface area contributed by atoms with E-state index in [1.54, 1.807) is 4.90 Å². The minimum Gasteiger partial charge on any atom is -0.390 e. The van der Waals surface area contributed by atoms with Gasteiger partial charge in [0.15, 0.2) is 0 Å². The maximum Gasteiger partial charge on any atom is 0.222 e. The topological polar surface area (TPSA) is 60.8 Å². The normalized spacial score (nSPS) is 29.6. The Morgan fingerprint density at radius 2 is 2.00 bits per heavy atom. The summed E-state index contributed by atoms with van der Waals surface area (Å²) in [5.74, 6) is 0.383. The van der Waals surface area contributed by atoms with E-state index in [9.17, 15) is 15.0 Å². The lowest BCUT2D eigenvalue weighted by Crippen LogP contribution is -2.58. The van der Waals surface area contributed by atoms with Crippen LogP contribution in [0.5, 0.6) is 0 Å². The number of nitrogens with zero attached hydrogens (tertiary/aromatic N) is 1. The molecular formula is C12H23NO3. The Hall–Kier alpha value is -0.610. The lowest BCUT2D eigenvalue weighted by Gasteiger charge is -2.44. The van der Waals surface area contributed by atoms with Crippen molar-refractivity contribution in [1.29, 1.82) is 0 Å². The molecule has 0 aromatic carbocycles. The van der Waals surface area contributed by atoms with Gasteiger partial charge >= 0.3 is 0 Å². The van der Waals surface area contributed by atoms with Gasteiger partial charge < -0.3 is 15.1 Å². The predicted molar refractivity (Wildman–Crippen MR) is 61.8 cm³/mol. The Morgan fingerprint density at radius 3 is 2.44 bits per heavy atom. The molecule has 0 radical (unpaired) electrons. The molecule has 1 rings (SSSR count). The van der Waals surface area contributed by atoms with Crippen molar-refractivity contribution in [1.82, 2.24) is 4.90 Å². The molecule has 2 atom stereocenters. The Balaban J connectivity index is 2.67.